The molecule has 9 heteroatoms. The molecule has 0 amide bonds. The van der Waals surface area contributed by atoms with Crippen molar-refractivity contribution in [3.8, 4) is 11.6 Å². The molecule has 3 aromatic heterocycles. The number of tetrazole rings is 1. The molecule has 3 heterocycles. The fraction of sp³-hybridized carbons (Fsp3) is 0.364. The molecule has 8 nitrogen and oxygen atoms in total. The minimum atomic E-state index is -0.0532. The van der Waals surface area contributed by atoms with E-state index in [2.05, 4.69) is 25.7 Å². The average molecular weight is 292 g/mol. The van der Waals surface area contributed by atoms with E-state index in [1.807, 2.05) is 13.8 Å². The van der Waals surface area contributed by atoms with Crippen LogP contribution in [0, 0.1) is 0 Å². The highest BCUT2D eigenvalue weighted by atomic mass is 32.2. The summed E-state index contributed by atoms with van der Waals surface area (Å²) in [6.07, 6.45) is 1.57. The number of aryl methyl sites for hydroxylation is 1. The zero-order valence-corrected chi connectivity index (χ0v) is 11.7. The van der Waals surface area contributed by atoms with Crippen molar-refractivity contribution in [2.75, 3.05) is 0 Å². The lowest BCUT2D eigenvalue weighted by atomic mass is 10.4. The van der Waals surface area contributed by atoms with Gasteiger partial charge in [-0.05, 0) is 36.4 Å². The van der Waals surface area contributed by atoms with Crippen molar-refractivity contribution in [3.63, 3.8) is 0 Å². The highest BCUT2D eigenvalue weighted by Gasteiger charge is 2.20. The predicted molar refractivity (Wildman–Crippen MR) is 69.8 cm³/mol. The second kappa shape index (κ2) is 5.45. The van der Waals surface area contributed by atoms with Crippen molar-refractivity contribution in [1.82, 2.24) is 30.3 Å². The number of hydrogen-bond acceptors (Lipinski definition) is 8. The number of nitrogens with zero attached hydrogens (tertiary/aromatic N) is 6. The van der Waals surface area contributed by atoms with Crippen LogP contribution in [0.5, 0.6) is 0 Å². The largest absolute Gasteiger partial charge is 0.461 e. The topological polar surface area (TPSA) is 95.7 Å². The zero-order chi connectivity index (χ0) is 13.9. The van der Waals surface area contributed by atoms with E-state index in [0.717, 1.165) is 5.16 Å². The van der Waals surface area contributed by atoms with Gasteiger partial charge in [-0.3, -0.25) is 0 Å². The lowest BCUT2D eigenvalue weighted by molar-refractivity contribution is 0.379. The maximum absolute atomic E-state index is 5.25. The quantitative estimate of drug-likeness (QED) is 0.660. The molecule has 0 saturated heterocycles. The molecule has 0 aliphatic rings. The van der Waals surface area contributed by atoms with Crippen LogP contribution in [0.25, 0.3) is 11.6 Å². The first-order valence-corrected chi connectivity index (χ1v) is 6.96. The van der Waals surface area contributed by atoms with Gasteiger partial charge in [0.25, 0.3) is 0 Å². The van der Waals surface area contributed by atoms with Gasteiger partial charge in [-0.15, -0.1) is 5.10 Å². The Morgan fingerprint density at radius 1 is 1.45 bits per heavy atom. The van der Waals surface area contributed by atoms with E-state index >= 15 is 0 Å². The molecule has 3 rings (SSSR count). The van der Waals surface area contributed by atoms with Gasteiger partial charge in [-0.25, -0.2) is 4.68 Å². The Kier molecular flexibility index (Phi) is 3.50. The summed E-state index contributed by atoms with van der Waals surface area (Å²) in [7, 11) is 0. The molecule has 0 aliphatic carbocycles. The van der Waals surface area contributed by atoms with E-state index in [4.69, 9.17) is 8.94 Å². The highest BCUT2D eigenvalue weighted by Crippen LogP contribution is 2.33. The predicted octanol–water partition coefficient (Wildman–Crippen LogP) is 2.19. The Labute approximate surface area is 118 Å². The number of rotatable bonds is 5. The fourth-order valence-corrected chi connectivity index (χ4v) is 2.48. The van der Waals surface area contributed by atoms with Crippen molar-refractivity contribution in [2.24, 2.45) is 0 Å². The Balaban J connectivity index is 1.76. The molecular formula is C11H12N6O2S. The summed E-state index contributed by atoms with van der Waals surface area (Å²) in [6, 6.07) is 3.56. The minimum Gasteiger partial charge on any atom is -0.461 e. The Morgan fingerprint density at radius 3 is 3.10 bits per heavy atom. The van der Waals surface area contributed by atoms with Crippen molar-refractivity contribution in [1.29, 1.82) is 0 Å². The summed E-state index contributed by atoms with van der Waals surface area (Å²) < 4.78 is 12.2. The highest BCUT2D eigenvalue weighted by molar-refractivity contribution is 7.99. The fourth-order valence-electron chi connectivity index (χ4n) is 1.59. The SMILES string of the molecule is CCn1nnnc1SC(C)c1nc(-c2ccco2)no1. The van der Waals surface area contributed by atoms with Crippen LogP contribution in [0.4, 0.5) is 0 Å². The first-order chi connectivity index (χ1) is 9.78. The van der Waals surface area contributed by atoms with Gasteiger partial charge in [0.15, 0.2) is 5.76 Å². The maximum atomic E-state index is 5.25. The first kappa shape index (κ1) is 12.9. The molecule has 1 atom stereocenters. The molecule has 0 fully saturated rings. The van der Waals surface area contributed by atoms with Gasteiger partial charge in [0, 0.05) is 6.54 Å². The van der Waals surface area contributed by atoms with Crippen molar-refractivity contribution in [3.05, 3.63) is 24.3 Å². The third-order valence-electron chi connectivity index (χ3n) is 2.61. The Hall–Kier alpha value is -2.16. The van der Waals surface area contributed by atoms with Gasteiger partial charge < -0.3 is 8.94 Å². The van der Waals surface area contributed by atoms with Gasteiger partial charge in [-0.1, -0.05) is 16.9 Å². The monoisotopic (exact) mass is 292 g/mol. The molecule has 0 radical (unpaired) electrons. The molecular weight excluding hydrogens is 280 g/mol. The van der Waals surface area contributed by atoms with Crippen molar-refractivity contribution in [2.45, 2.75) is 30.8 Å². The first-order valence-electron chi connectivity index (χ1n) is 6.08. The van der Waals surface area contributed by atoms with E-state index in [0.29, 0.717) is 24.0 Å². The zero-order valence-electron chi connectivity index (χ0n) is 10.9. The third-order valence-corrected chi connectivity index (χ3v) is 3.67. The number of furan rings is 1. The molecule has 0 aliphatic heterocycles. The summed E-state index contributed by atoms with van der Waals surface area (Å²) in [6.45, 7) is 4.65. The van der Waals surface area contributed by atoms with Crippen LogP contribution in [0.3, 0.4) is 0 Å². The molecule has 1 unspecified atom stereocenters. The van der Waals surface area contributed by atoms with E-state index in [9.17, 15) is 0 Å². The lowest BCUT2D eigenvalue weighted by Crippen LogP contribution is -2.00. The molecule has 20 heavy (non-hydrogen) atoms. The van der Waals surface area contributed by atoms with E-state index in [1.54, 1.807) is 23.1 Å². The van der Waals surface area contributed by atoms with Gasteiger partial charge in [0.2, 0.25) is 16.9 Å². The average Bonchev–Trinajstić information content (AvgIpc) is 3.19. The maximum Gasteiger partial charge on any atom is 0.240 e. The van der Waals surface area contributed by atoms with Gasteiger partial charge in [-0.2, -0.15) is 4.98 Å². The van der Waals surface area contributed by atoms with Crippen LogP contribution < -0.4 is 0 Å². The number of aromatic nitrogens is 6. The third kappa shape index (κ3) is 2.44. The number of thioether (sulfide) groups is 1. The second-order valence-corrected chi connectivity index (χ2v) is 5.28. The van der Waals surface area contributed by atoms with E-state index in [1.165, 1.54) is 11.8 Å². The standard InChI is InChI=1S/C11H12N6O2S/c1-3-17-11(13-15-16-17)20-7(2)10-12-9(14-19-10)8-5-4-6-18-8/h4-7H,3H2,1-2H3. The molecule has 104 valence electrons. The van der Waals surface area contributed by atoms with Crippen LogP contribution in [-0.2, 0) is 6.54 Å². The summed E-state index contributed by atoms with van der Waals surface area (Å²) in [5.74, 6) is 1.52. The summed E-state index contributed by atoms with van der Waals surface area (Å²) in [4.78, 5) is 4.32. The van der Waals surface area contributed by atoms with Crippen LogP contribution in [0.15, 0.2) is 32.5 Å². The summed E-state index contributed by atoms with van der Waals surface area (Å²) in [5.41, 5.74) is 0. The van der Waals surface area contributed by atoms with E-state index < -0.39 is 0 Å². The minimum absolute atomic E-state index is 0.0532. The van der Waals surface area contributed by atoms with Crippen molar-refractivity contribution < 1.29 is 8.94 Å². The van der Waals surface area contributed by atoms with Crippen LogP contribution >= 0.6 is 11.8 Å². The molecule has 3 aromatic rings. The summed E-state index contributed by atoms with van der Waals surface area (Å²) >= 11 is 1.47. The smallest absolute Gasteiger partial charge is 0.240 e. The van der Waals surface area contributed by atoms with Gasteiger partial charge in [0.1, 0.15) is 0 Å². The van der Waals surface area contributed by atoms with Gasteiger partial charge >= 0.3 is 0 Å². The second-order valence-electron chi connectivity index (χ2n) is 3.97. The number of hydrogen-bond donors (Lipinski definition) is 0. The molecule has 0 spiro atoms. The Morgan fingerprint density at radius 2 is 2.35 bits per heavy atom. The van der Waals surface area contributed by atoms with Crippen molar-refractivity contribution >= 4 is 11.8 Å². The van der Waals surface area contributed by atoms with Crippen LogP contribution in [-0.4, -0.2) is 30.3 Å². The Bertz CT molecular complexity index is 677. The molecule has 0 bridgehead atoms. The molecule has 0 N–H and O–H groups in total. The van der Waals surface area contributed by atoms with Crippen LogP contribution in [0.2, 0.25) is 0 Å². The molecule has 0 aromatic carbocycles. The summed E-state index contributed by atoms with van der Waals surface area (Å²) in [5, 5.41) is 16.1. The lowest BCUT2D eigenvalue weighted by Gasteiger charge is -2.04. The van der Waals surface area contributed by atoms with E-state index in [-0.39, 0.29) is 5.25 Å². The molecule has 0 saturated carbocycles. The normalized spacial score (nSPS) is 12.7. The van der Waals surface area contributed by atoms with Gasteiger partial charge in [0.05, 0.1) is 11.5 Å². The van der Waals surface area contributed by atoms with Crippen LogP contribution in [0.1, 0.15) is 25.0 Å².